The van der Waals surface area contributed by atoms with Crippen LogP contribution in [-0.4, -0.2) is 25.5 Å². The number of amides is 1. The SMILES string of the molecule is O=C1NC[C@H]2CNCC[C@H]2c2ccccc21. The summed E-state index contributed by atoms with van der Waals surface area (Å²) in [6.07, 6.45) is 1.14. The van der Waals surface area contributed by atoms with Crippen molar-refractivity contribution in [3.8, 4) is 0 Å². The van der Waals surface area contributed by atoms with Crippen molar-refractivity contribution < 1.29 is 4.79 Å². The van der Waals surface area contributed by atoms with E-state index >= 15 is 0 Å². The van der Waals surface area contributed by atoms with Gasteiger partial charge in [-0.05, 0) is 36.4 Å². The maximum absolute atomic E-state index is 11.9. The summed E-state index contributed by atoms with van der Waals surface area (Å²) in [5.74, 6) is 1.17. The van der Waals surface area contributed by atoms with Gasteiger partial charge in [-0.25, -0.2) is 0 Å². The van der Waals surface area contributed by atoms with Gasteiger partial charge in [0, 0.05) is 18.7 Å². The average molecular weight is 216 g/mol. The highest BCUT2D eigenvalue weighted by molar-refractivity contribution is 5.96. The number of nitrogens with one attached hydrogen (secondary N) is 2. The lowest BCUT2D eigenvalue weighted by atomic mass is 9.80. The summed E-state index contributed by atoms with van der Waals surface area (Å²) < 4.78 is 0. The van der Waals surface area contributed by atoms with Crippen LogP contribution in [0.15, 0.2) is 24.3 Å². The van der Waals surface area contributed by atoms with Crippen molar-refractivity contribution in [3.05, 3.63) is 35.4 Å². The van der Waals surface area contributed by atoms with Crippen LogP contribution < -0.4 is 10.6 Å². The van der Waals surface area contributed by atoms with Gasteiger partial charge < -0.3 is 10.6 Å². The number of carbonyl (C=O) groups is 1. The van der Waals surface area contributed by atoms with E-state index in [9.17, 15) is 4.79 Å². The first-order valence-electron chi connectivity index (χ1n) is 5.94. The molecule has 2 atom stereocenters. The van der Waals surface area contributed by atoms with Crippen LogP contribution in [0.2, 0.25) is 0 Å². The van der Waals surface area contributed by atoms with E-state index in [0.29, 0.717) is 11.8 Å². The monoisotopic (exact) mass is 216 g/mol. The molecule has 3 nitrogen and oxygen atoms in total. The van der Waals surface area contributed by atoms with Crippen molar-refractivity contribution in [3.63, 3.8) is 0 Å². The quantitative estimate of drug-likeness (QED) is 0.682. The van der Waals surface area contributed by atoms with Crippen LogP contribution in [0.5, 0.6) is 0 Å². The number of benzene rings is 1. The normalized spacial score (nSPS) is 28.6. The molecule has 1 amide bonds. The molecule has 0 saturated carbocycles. The predicted octanol–water partition coefficient (Wildman–Crippen LogP) is 1.12. The Balaban J connectivity index is 2.06. The topological polar surface area (TPSA) is 41.1 Å². The van der Waals surface area contributed by atoms with Crippen molar-refractivity contribution in [1.29, 1.82) is 0 Å². The van der Waals surface area contributed by atoms with Gasteiger partial charge in [-0.1, -0.05) is 18.2 Å². The number of rotatable bonds is 0. The lowest BCUT2D eigenvalue weighted by molar-refractivity contribution is 0.0950. The molecule has 0 aromatic heterocycles. The third kappa shape index (κ3) is 1.52. The summed E-state index contributed by atoms with van der Waals surface area (Å²) in [5, 5.41) is 6.43. The van der Waals surface area contributed by atoms with Gasteiger partial charge in [-0.2, -0.15) is 0 Å². The highest BCUT2D eigenvalue weighted by atomic mass is 16.1. The minimum Gasteiger partial charge on any atom is -0.352 e. The van der Waals surface area contributed by atoms with E-state index in [-0.39, 0.29) is 5.91 Å². The molecule has 16 heavy (non-hydrogen) atoms. The fourth-order valence-corrected chi connectivity index (χ4v) is 2.89. The molecule has 2 aliphatic heterocycles. The van der Waals surface area contributed by atoms with Gasteiger partial charge in [0.25, 0.3) is 5.91 Å². The van der Waals surface area contributed by atoms with Crippen LogP contribution in [0.4, 0.5) is 0 Å². The summed E-state index contributed by atoms with van der Waals surface area (Å²) in [5.41, 5.74) is 2.11. The molecule has 3 rings (SSSR count). The Morgan fingerprint density at radius 2 is 2.06 bits per heavy atom. The van der Waals surface area contributed by atoms with Gasteiger partial charge in [0.2, 0.25) is 0 Å². The zero-order chi connectivity index (χ0) is 11.0. The summed E-state index contributed by atoms with van der Waals surface area (Å²) in [6, 6.07) is 8.04. The molecule has 0 radical (unpaired) electrons. The van der Waals surface area contributed by atoms with Crippen molar-refractivity contribution in [1.82, 2.24) is 10.6 Å². The minimum atomic E-state index is 0.0880. The number of fused-ring (bicyclic) bond motifs is 3. The third-order valence-electron chi connectivity index (χ3n) is 3.74. The molecular formula is C13H16N2O. The van der Waals surface area contributed by atoms with Crippen LogP contribution in [-0.2, 0) is 0 Å². The third-order valence-corrected chi connectivity index (χ3v) is 3.74. The largest absolute Gasteiger partial charge is 0.352 e. The fraction of sp³-hybridized carbons (Fsp3) is 0.462. The van der Waals surface area contributed by atoms with Crippen LogP contribution >= 0.6 is 0 Å². The van der Waals surface area contributed by atoms with Crippen molar-refractivity contribution in [2.75, 3.05) is 19.6 Å². The summed E-state index contributed by atoms with van der Waals surface area (Å²) in [6.45, 7) is 2.87. The summed E-state index contributed by atoms with van der Waals surface area (Å²) >= 11 is 0. The molecule has 0 aliphatic carbocycles. The molecule has 2 heterocycles. The molecule has 0 unspecified atom stereocenters. The van der Waals surface area contributed by atoms with Crippen LogP contribution in [0.1, 0.15) is 28.3 Å². The maximum Gasteiger partial charge on any atom is 0.251 e. The Bertz CT molecular complexity index is 416. The van der Waals surface area contributed by atoms with E-state index in [1.807, 2.05) is 18.2 Å². The molecule has 2 aliphatic rings. The zero-order valence-electron chi connectivity index (χ0n) is 9.20. The van der Waals surface area contributed by atoms with E-state index in [1.165, 1.54) is 5.56 Å². The Kier molecular flexibility index (Phi) is 2.40. The molecule has 1 fully saturated rings. The average Bonchev–Trinajstić information content (AvgIpc) is 2.49. The highest BCUT2D eigenvalue weighted by Gasteiger charge is 2.32. The summed E-state index contributed by atoms with van der Waals surface area (Å²) in [4.78, 5) is 11.9. The smallest absolute Gasteiger partial charge is 0.251 e. The van der Waals surface area contributed by atoms with Crippen LogP contribution in [0.3, 0.4) is 0 Å². The molecule has 1 saturated heterocycles. The van der Waals surface area contributed by atoms with Gasteiger partial charge in [-0.3, -0.25) is 4.79 Å². The maximum atomic E-state index is 11.9. The van der Waals surface area contributed by atoms with E-state index in [1.54, 1.807) is 0 Å². The minimum absolute atomic E-state index is 0.0880. The Morgan fingerprint density at radius 3 is 3.00 bits per heavy atom. The molecular weight excluding hydrogens is 200 g/mol. The molecule has 84 valence electrons. The Labute approximate surface area is 95.2 Å². The standard InChI is InChI=1S/C13H16N2O/c16-13-12-4-2-1-3-11(12)10-5-6-14-7-9(10)8-15-13/h1-4,9-10,14H,5-8H2,(H,15,16)/t9-,10-/m1/s1. The van der Waals surface area contributed by atoms with Gasteiger partial charge in [-0.15, -0.1) is 0 Å². The van der Waals surface area contributed by atoms with Gasteiger partial charge >= 0.3 is 0 Å². The number of hydrogen-bond acceptors (Lipinski definition) is 2. The van der Waals surface area contributed by atoms with Crippen LogP contribution in [0.25, 0.3) is 0 Å². The molecule has 1 aromatic rings. The second-order valence-electron chi connectivity index (χ2n) is 4.66. The number of piperidine rings is 1. The molecule has 1 aromatic carbocycles. The highest BCUT2D eigenvalue weighted by Crippen LogP contribution is 2.33. The van der Waals surface area contributed by atoms with Crippen molar-refractivity contribution in [2.45, 2.75) is 12.3 Å². The van der Waals surface area contributed by atoms with Gasteiger partial charge in [0.1, 0.15) is 0 Å². The van der Waals surface area contributed by atoms with E-state index in [0.717, 1.165) is 31.6 Å². The van der Waals surface area contributed by atoms with E-state index in [4.69, 9.17) is 0 Å². The Hall–Kier alpha value is -1.35. The van der Waals surface area contributed by atoms with Gasteiger partial charge in [0.05, 0.1) is 0 Å². The second-order valence-corrected chi connectivity index (χ2v) is 4.66. The fourth-order valence-electron chi connectivity index (χ4n) is 2.89. The lowest BCUT2D eigenvalue weighted by Crippen LogP contribution is -2.39. The van der Waals surface area contributed by atoms with Crippen molar-refractivity contribution >= 4 is 5.91 Å². The van der Waals surface area contributed by atoms with E-state index in [2.05, 4.69) is 16.7 Å². The van der Waals surface area contributed by atoms with E-state index < -0.39 is 0 Å². The first-order valence-corrected chi connectivity index (χ1v) is 5.94. The molecule has 0 bridgehead atoms. The van der Waals surface area contributed by atoms with Crippen LogP contribution in [0, 0.1) is 5.92 Å². The van der Waals surface area contributed by atoms with Gasteiger partial charge in [0.15, 0.2) is 0 Å². The Morgan fingerprint density at radius 1 is 1.19 bits per heavy atom. The molecule has 3 heteroatoms. The number of hydrogen-bond donors (Lipinski definition) is 2. The first kappa shape index (κ1) is 9.85. The first-order chi connectivity index (χ1) is 7.86. The second kappa shape index (κ2) is 3.91. The predicted molar refractivity (Wildman–Crippen MR) is 62.5 cm³/mol. The molecule has 2 N–H and O–H groups in total. The summed E-state index contributed by atoms with van der Waals surface area (Å²) in [7, 11) is 0. The zero-order valence-corrected chi connectivity index (χ0v) is 9.20. The number of carbonyl (C=O) groups excluding carboxylic acids is 1. The lowest BCUT2D eigenvalue weighted by Gasteiger charge is -2.31. The molecule has 0 spiro atoms. The van der Waals surface area contributed by atoms with Crippen molar-refractivity contribution in [2.24, 2.45) is 5.92 Å².